The summed E-state index contributed by atoms with van der Waals surface area (Å²) in [4.78, 5) is 35.3. The number of methoxy groups -OCH3 is 2. The summed E-state index contributed by atoms with van der Waals surface area (Å²) in [5.74, 6) is -0.172. The Bertz CT molecular complexity index is 1730. The number of hydrogen-bond acceptors (Lipinski definition) is 7. The van der Waals surface area contributed by atoms with Gasteiger partial charge in [-0.25, -0.2) is 14.8 Å². The fraction of sp³-hybridized carbons (Fsp3) is 0.152. The van der Waals surface area contributed by atoms with Gasteiger partial charge >= 0.3 is 5.97 Å². The summed E-state index contributed by atoms with van der Waals surface area (Å²) < 4.78 is 15.8. The summed E-state index contributed by atoms with van der Waals surface area (Å²) >= 11 is 0. The average Bonchev–Trinajstić information content (AvgIpc) is 2.99. The van der Waals surface area contributed by atoms with Gasteiger partial charge in [-0.1, -0.05) is 59.7 Å². The molecule has 5 aromatic rings. The zero-order valence-corrected chi connectivity index (χ0v) is 23.2. The molecule has 206 valence electrons. The van der Waals surface area contributed by atoms with Gasteiger partial charge in [-0.15, -0.1) is 0 Å². The monoisotopic (exact) mass is 547 g/mol. The molecule has 0 saturated carbocycles. The summed E-state index contributed by atoms with van der Waals surface area (Å²) in [6.07, 6.45) is 0. The summed E-state index contributed by atoms with van der Waals surface area (Å²) in [5, 5.41) is 2.68. The summed E-state index contributed by atoms with van der Waals surface area (Å²) in [6.45, 7) is 3.59. The fourth-order valence-corrected chi connectivity index (χ4v) is 4.32. The van der Waals surface area contributed by atoms with Crippen molar-refractivity contribution < 1.29 is 23.8 Å². The molecule has 1 N–H and O–H groups in total. The highest BCUT2D eigenvalue weighted by Gasteiger charge is 2.17. The molecule has 0 aliphatic heterocycles. The zero-order chi connectivity index (χ0) is 28.9. The van der Waals surface area contributed by atoms with E-state index in [0.717, 1.165) is 27.9 Å². The topological polar surface area (TPSA) is 99.6 Å². The van der Waals surface area contributed by atoms with E-state index in [-0.39, 0.29) is 5.56 Å². The minimum absolute atomic E-state index is 0.261. The summed E-state index contributed by atoms with van der Waals surface area (Å²) in [5.41, 5.74) is 7.45. The van der Waals surface area contributed by atoms with Gasteiger partial charge in [0.2, 0.25) is 0 Å². The van der Waals surface area contributed by atoms with Crippen LogP contribution in [0.15, 0.2) is 84.9 Å². The second-order valence-electron chi connectivity index (χ2n) is 9.55. The predicted octanol–water partition coefficient (Wildman–Crippen LogP) is 6.39. The molecule has 0 bridgehead atoms. The van der Waals surface area contributed by atoms with Crippen LogP contribution in [0.1, 0.15) is 21.5 Å². The Morgan fingerprint density at radius 2 is 1.32 bits per heavy atom. The Morgan fingerprint density at radius 3 is 1.90 bits per heavy atom. The van der Waals surface area contributed by atoms with Crippen LogP contribution in [0.2, 0.25) is 0 Å². The van der Waals surface area contributed by atoms with Gasteiger partial charge in [0, 0.05) is 17.2 Å². The second kappa shape index (κ2) is 11.9. The van der Waals surface area contributed by atoms with E-state index in [4.69, 9.17) is 24.2 Å². The third-order valence-corrected chi connectivity index (χ3v) is 6.57. The predicted molar refractivity (Wildman–Crippen MR) is 158 cm³/mol. The van der Waals surface area contributed by atoms with Crippen LogP contribution in [0.3, 0.4) is 0 Å². The van der Waals surface area contributed by atoms with Gasteiger partial charge in [0.05, 0.1) is 47.9 Å². The molecule has 1 heterocycles. The lowest BCUT2D eigenvalue weighted by atomic mass is 10.0. The number of fused-ring (bicyclic) bond motifs is 1. The zero-order valence-electron chi connectivity index (χ0n) is 23.2. The van der Waals surface area contributed by atoms with Crippen molar-refractivity contribution in [2.45, 2.75) is 13.8 Å². The van der Waals surface area contributed by atoms with Crippen LogP contribution in [0.4, 0.5) is 5.69 Å². The number of anilines is 1. The minimum Gasteiger partial charge on any atom is -0.497 e. The third kappa shape index (κ3) is 6.17. The van der Waals surface area contributed by atoms with Crippen LogP contribution in [0.5, 0.6) is 11.5 Å². The van der Waals surface area contributed by atoms with E-state index in [0.29, 0.717) is 33.9 Å². The van der Waals surface area contributed by atoms with Crippen molar-refractivity contribution in [1.29, 1.82) is 0 Å². The normalized spacial score (nSPS) is 10.7. The number of nitrogens with zero attached hydrogens (tertiary/aromatic N) is 2. The van der Waals surface area contributed by atoms with Crippen LogP contribution < -0.4 is 14.8 Å². The fourth-order valence-electron chi connectivity index (χ4n) is 4.32. The molecule has 1 aromatic heterocycles. The van der Waals surface area contributed by atoms with Crippen LogP contribution in [0.25, 0.3) is 33.5 Å². The van der Waals surface area contributed by atoms with Crippen molar-refractivity contribution in [2.75, 3.05) is 26.1 Å². The Hall–Kier alpha value is -5.24. The smallest absolute Gasteiger partial charge is 0.338 e. The number of aryl methyl sites for hydroxylation is 2. The lowest BCUT2D eigenvalue weighted by Gasteiger charge is -2.13. The first-order chi connectivity index (χ1) is 19.8. The van der Waals surface area contributed by atoms with E-state index in [1.54, 1.807) is 36.4 Å². The molecule has 0 saturated heterocycles. The maximum absolute atomic E-state index is 12.9. The first-order valence-electron chi connectivity index (χ1n) is 13.0. The Balaban J connectivity index is 1.40. The van der Waals surface area contributed by atoms with Gasteiger partial charge in [0.15, 0.2) is 6.61 Å². The third-order valence-electron chi connectivity index (χ3n) is 6.57. The number of rotatable bonds is 8. The number of nitrogens with one attached hydrogen (secondary N) is 1. The van der Waals surface area contributed by atoms with E-state index < -0.39 is 18.5 Å². The van der Waals surface area contributed by atoms with E-state index in [1.165, 1.54) is 14.2 Å². The van der Waals surface area contributed by atoms with Crippen LogP contribution >= 0.6 is 0 Å². The number of carbonyl (C=O) groups is 2. The lowest BCUT2D eigenvalue weighted by molar-refractivity contribution is -0.119. The molecule has 8 heteroatoms. The second-order valence-corrected chi connectivity index (χ2v) is 9.55. The SMILES string of the molecule is COc1ccc(OC)c(NC(=O)COC(=O)c2ccc3nc(-c4ccc(C)cc4)c(-c4ccc(C)cc4)nc3c2)c1. The van der Waals surface area contributed by atoms with Crippen molar-refractivity contribution >= 4 is 28.6 Å². The van der Waals surface area contributed by atoms with Crippen molar-refractivity contribution in [2.24, 2.45) is 0 Å². The van der Waals surface area contributed by atoms with E-state index in [2.05, 4.69) is 5.32 Å². The summed E-state index contributed by atoms with van der Waals surface area (Å²) in [7, 11) is 3.02. The molecule has 1 amide bonds. The number of ether oxygens (including phenoxy) is 3. The molecule has 0 atom stereocenters. The molecule has 0 spiro atoms. The standard InChI is InChI=1S/C33H29N3O5/c1-20-5-9-22(10-6-20)31-32(23-11-7-21(2)8-12-23)36-27-17-24(13-15-26(27)35-31)33(38)41-19-30(37)34-28-18-25(39-3)14-16-29(28)40-4/h5-18H,19H2,1-4H3,(H,34,37). The van der Waals surface area contributed by atoms with Gasteiger partial charge < -0.3 is 19.5 Å². The van der Waals surface area contributed by atoms with Crippen molar-refractivity contribution in [3.05, 3.63) is 102 Å². The average molecular weight is 548 g/mol. The molecule has 8 nitrogen and oxygen atoms in total. The molecule has 41 heavy (non-hydrogen) atoms. The number of carbonyl (C=O) groups excluding carboxylic acids is 2. The molecule has 0 aliphatic rings. The van der Waals surface area contributed by atoms with Crippen molar-refractivity contribution in [1.82, 2.24) is 9.97 Å². The van der Waals surface area contributed by atoms with Gasteiger partial charge in [0.1, 0.15) is 11.5 Å². The van der Waals surface area contributed by atoms with E-state index in [1.807, 2.05) is 62.4 Å². The number of benzene rings is 4. The first-order valence-corrected chi connectivity index (χ1v) is 13.0. The molecule has 5 rings (SSSR count). The summed E-state index contributed by atoms with van der Waals surface area (Å²) in [6, 6.07) is 26.2. The highest BCUT2D eigenvalue weighted by molar-refractivity contribution is 5.98. The maximum atomic E-state index is 12.9. The van der Waals surface area contributed by atoms with Gasteiger partial charge in [-0.05, 0) is 44.2 Å². The highest BCUT2D eigenvalue weighted by atomic mass is 16.5. The number of aromatic nitrogens is 2. The van der Waals surface area contributed by atoms with Gasteiger partial charge in [-0.3, -0.25) is 4.79 Å². The quantitative estimate of drug-likeness (QED) is 0.225. The van der Waals surface area contributed by atoms with Crippen LogP contribution in [-0.2, 0) is 9.53 Å². The minimum atomic E-state index is -0.652. The van der Waals surface area contributed by atoms with Crippen LogP contribution in [0, 0.1) is 13.8 Å². The molecule has 0 unspecified atom stereocenters. The lowest BCUT2D eigenvalue weighted by Crippen LogP contribution is -2.21. The van der Waals surface area contributed by atoms with Crippen LogP contribution in [-0.4, -0.2) is 42.7 Å². The van der Waals surface area contributed by atoms with Gasteiger partial charge in [-0.2, -0.15) is 0 Å². The molecule has 0 radical (unpaired) electrons. The maximum Gasteiger partial charge on any atom is 0.338 e. The molecule has 0 aliphatic carbocycles. The van der Waals surface area contributed by atoms with E-state index >= 15 is 0 Å². The molecular weight excluding hydrogens is 518 g/mol. The Morgan fingerprint density at radius 1 is 0.707 bits per heavy atom. The van der Waals surface area contributed by atoms with Gasteiger partial charge in [0.25, 0.3) is 5.91 Å². The number of hydrogen-bond donors (Lipinski definition) is 1. The Kier molecular flexibility index (Phi) is 7.92. The van der Waals surface area contributed by atoms with Crippen molar-refractivity contribution in [3.63, 3.8) is 0 Å². The largest absolute Gasteiger partial charge is 0.497 e. The Labute approximate surface area is 237 Å². The number of esters is 1. The molecule has 4 aromatic carbocycles. The molecular formula is C33H29N3O5. The number of amides is 1. The highest BCUT2D eigenvalue weighted by Crippen LogP contribution is 2.32. The van der Waals surface area contributed by atoms with Crippen molar-refractivity contribution in [3.8, 4) is 34.0 Å². The first kappa shape index (κ1) is 27.3. The van der Waals surface area contributed by atoms with E-state index in [9.17, 15) is 9.59 Å². The molecule has 0 fully saturated rings.